The number of rotatable bonds is 3. The minimum atomic E-state index is 0.545. The largest absolute Gasteiger partial charge is 0.493 e. The second-order valence-corrected chi connectivity index (χ2v) is 7.49. The second kappa shape index (κ2) is 4.88. The SMILES string of the molecule is CC1(CCc2ccc3c(c2)CCO3)CCC(Br)C1. The van der Waals surface area contributed by atoms with Crippen LogP contribution in [-0.2, 0) is 12.8 Å². The van der Waals surface area contributed by atoms with Crippen molar-refractivity contribution in [3.8, 4) is 5.75 Å². The van der Waals surface area contributed by atoms with Gasteiger partial charge in [0.15, 0.2) is 0 Å². The molecule has 1 aromatic rings. The van der Waals surface area contributed by atoms with Crippen molar-refractivity contribution in [1.29, 1.82) is 0 Å². The van der Waals surface area contributed by atoms with Crippen LogP contribution in [0.2, 0.25) is 0 Å². The Morgan fingerprint density at radius 1 is 1.44 bits per heavy atom. The molecule has 2 unspecified atom stereocenters. The van der Waals surface area contributed by atoms with E-state index in [2.05, 4.69) is 41.1 Å². The molecule has 1 nitrogen and oxygen atoms in total. The Morgan fingerprint density at radius 3 is 3.11 bits per heavy atom. The molecular formula is C16H21BrO. The highest BCUT2D eigenvalue weighted by Crippen LogP contribution is 2.44. The Hall–Kier alpha value is -0.500. The number of ether oxygens (including phenoxy) is 1. The fraction of sp³-hybridized carbons (Fsp3) is 0.625. The first kappa shape index (κ1) is 12.5. The zero-order valence-electron chi connectivity index (χ0n) is 11.0. The molecule has 0 radical (unpaired) electrons. The van der Waals surface area contributed by atoms with Gasteiger partial charge in [-0.15, -0.1) is 0 Å². The van der Waals surface area contributed by atoms with Crippen LogP contribution in [-0.4, -0.2) is 11.4 Å². The molecule has 1 aromatic carbocycles. The fourth-order valence-corrected chi connectivity index (χ4v) is 4.32. The van der Waals surface area contributed by atoms with Crippen molar-refractivity contribution in [2.45, 2.75) is 50.3 Å². The zero-order valence-corrected chi connectivity index (χ0v) is 12.6. The van der Waals surface area contributed by atoms with Crippen molar-refractivity contribution in [3.05, 3.63) is 29.3 Å². The topological polar surface area (TPSA) is 9.23 Å². The third-order valence-electron chi connectivity index (χ3n) is 4.55. The number of hydrogen-bond acceptors (Lipinski definition) is 1. The summed E-state index contributed by atoms with van der Waals surface area (Å²) in [6.07, 6.45) is 7.66. The summed E-state index contributed by atoms with van der Waals surface area (Å²) in [7, 11) is 0. The average molecular weight is 309 g/mol. The van der Waals surface area contributed by atoms with Gasteiger partial charge in [-0.25, -0.2) is 0 Å². The van der Waals surface area contributed by atoms with E-state index in [0.29, 0.717) is 5.41 Å². The summed E-state index contributed by atoms with van der Waals surface area (Å²) in [5, 5.41) is 0. The molecule has 1 aliphatic carbocycles. The Labute approximate surface area is 118 Å². The van der Waals surface area contributed by atoms with E-state index in [1.807, 2.05) is 0 Å². The van der Waals surface area contributed by atoms with Gasteiger partial charge >= 0.3 is 0 Å². The van der Waals surface area contributed by atoms with E-state index in [9.17, 15) is 0 Å². The molecule has 2 heteroatoms. The summed E-state index contributed by atoms with van der Waals surface area (Å²) in [6, 6.07) is 6.75. The summed E-state index contributed by atoms with van der Waals surface area (Å²) in [6.45, 7) is 3.31. The highest BCUT2D eigenvalue weighted by atomic mass is 79.9. The van der Waals surface area contributed by atoms with E-state index in [-0.39, 0.29) is 0 Å². The van der Waals surface area contributed by atoms with Gasteiger partial charge in [-0.3, -0.25) is 0 Å². The van der Waals surface area contributed by atoms with Crippen molar-refractivity contribution >= 4 is 15.9 Å². The highest BCUT2D eigenvalue weighted by Gasteiger charge is 2.33. The van der Waals surface area contributed by atoms with Crippen molar-refractivity contribution in [1.82, 2.24) is 0 Å². The van der Waals surface area contributed by atoms with Crippen LogP contribution in [0.3, 0.4) is 0 Å². The van der Waals surface area contributed by atoms with Crippen LogP contribution in [0.5, 0.6) is 5.75 Å². The minimum absolute atomic E-state index is 0.545. The lowest BCUT2D eigenvalue weighted by molar-refractivity contribution is 0.310. The Kier molecular flexibility index (Phi) is 3.40. The standard InChI is InChI=1S/C16H21BrO/c1-16(8-5-14(17)11-16)7-4-12-2-3-15-13(10-12)6-9-18-15/h2-3,10,14H,4-9,11H2,1H3. The average Bonchev–Trinajstić information content (AvgIpc) is 2.93. The van der Waals surface area contributed by atoms with E-state index in [0.717, 1.165) is 23.6 Å². The van der Waals surface area contributed by atoms with Gasteiger partial charge in [0.25, 0.3) is 0 Å². The molecule has 0 N–H and O–H groups in total. The molecule has 18 heavy (non-hydrogen) atoms. The molecule has 0 saturated heterocycles. The number of fused-ring (bicyclic) bond motifs is 1. The molecule has 0 spiro atoms. The van der Waals surface area contributed by atoms with Crippen molar-refractivity contribution in [3.63, 3.8) is 0 Å². The normalized spacial score (nSPS) is 30.2. The molecule has 2 atom stereocenters. The van der Waals surface area contributed by atoms with Gasteiger partial charge in [-0.2, -0.15) is 0 Å². The first-order valence-electron chi connectivity index (χ1n) is 7.03. The first-order chi connectivity index (χ1) is 8.65. The van der Waals surface area contributed by atoms with E-state index in [1.165, 1.54) is 43.2 Å². The molecule has 1 aliphatic heterocycles. The van der Waals surface area contributed by atoms with Crippen LogP contribution in [0.4, 0.5) is 0 Å². The van der Waals surface area contributed by atoms with Gasteiger partial charge in [0.05, 0.1) is 6.61 Å². The third kappa shape index (κ3) is 2.59. The van der Waals surface area contributed by atoms with Crippen LogP contribution in [0.25, 0.3) is 0 Å². The van der Waals surface area contributed by atoms with Gasteiger partial charge in [0, 0.05) is 11.2 Å². The maximum atomic E-state index is 5.56. The van der Waals surface area contributed by atoms with E-state index in [4.69, 9.17) is 4.74 Å². The predicted molar refractivity (Wildman–Crippen MR) is 78.6 cm³/mol. The van der Waals surface area contributed by atoms with Gasteiger partial charge in [0.2, 0.25) is 0 Å². The van der Waals surface area contributed by atoms with Crippen LogP contribution >= 0.6 is 15.9 Å². The lowest BCUT2D eigenvalue weighted by Gasteiger charge is -2.23. The maximum Gasteiger partial charge on any atom is 0.122 e. The quantitative estimate of drug-likeness (QED) is 0.747. The van der Waals surface area contributed by atoms with E-state index in [1.54, 1.807) is 0 Å². The summed E-state index contributed by atoms with van der Waals surface area (Å²) in [4.78, 5) is 0.746. The van der Waals surface area contributed by atoms with E-state index >= 15 is 0 Å². The predicted octanol–water partition coefficient (Wildman–Crippen LogP) is 4.51. The summed E-state index contributed by atoms with van der Waals surface area (Å²) < 4.78 is 5.56. The summed E-state index contributed by atoms with van der Waals surface area (Å²) >= 11 is 3.76. The monoisotopic (exact) mass is 308 g/mol. The molecule has 0 amide bonds. The highest BCUT2D eigenvalue weighted by molar-refractivity contribution is 9.09. The van der Waals surface area contributed by atoms with Crippen molar-refractivity contribution in [2.75, 3.05) is 6.61 Å². The second-order valence-electron chi connectivity index (χ2n) is 6.19. The first-order valence-corrected chi connectivity index (χ1v) is 7.95. The van der Waals surface area contributed by atoms with Gasteiger partial charge in [0.1, 0.15) is 5.75 Å². The van der Waals surface area contributed by atoms with Crippen LogP contribution < -0.4 is 4.74 Å². The van der Waals surface area contributed by atoms with Crippen molar-refractivity contribution < 1.29 is 4.74 Å². The number of aryl methyl sites for hydroxylation is 1. The van der Waals surface area contributed by atoms with Crippen LogP contribution in [0.1, 0.15) is 43.7 Å². The molecule has 98 valence electrons. The smallest absolute Gasteiger partial charge is 0.122 e. The summed E-state index contributed by atoms with van der Waals surface area (Å²) in [5.41, 5.74) is 3.44. The Morgan fingerprint density at radius 2 is 2.33 bits per heavy atom. The Balaban J connectivity index is 1.63. The van der Waals surface area contributed by atoms with E-state index < -0.39 is 0 Å². The number of halogens is 1. The molecule has 3 rings (SSSR count). The fourth-order valence-electron chi connectivity index (χ4n) is 3.31. The lowest BCUT2D eigenvalue weighted by atomic mass is 9.82. The molecule has 1 heterocycles. The Bertz CT molecular complexity index is 443. The maximum absolute atomic E-state index is 5.56. The number of alkyl halides is 1. The molecule has 1 fully saturated rings. The molecule has 0 bridgehead atoms. The van der Waals surface area contributed by atoms with Crippen molar-refractivity contribution in [2.24, 2.45) is 5.41 Å². The molecular weight excluding hydrogens is 288 g/mol. The third-order valence-corrected chi connectivity index (χ3v) is 5.33. The van der Waals surface area contributed by atoms with Gasteiger partial charge in [-0.05, 0) is 54.7 Å². The number of benzene rings is 1. The van der Waals surface area contributed by atoms with Gasteiger partial charge in [-0.1, -0.05) is 35.0 Å². The molecule has 2 aliphatic rings. The van der Waals surface area contributed by atoms with Crippen LogP contribution in [0.15, 0.2) is 18.2 Å². The van der Waals surface area contributed by atoms with Gasteiger partial charge < -0.3 is 4.74 Å². The zero-order chi connectivity index (χ0) is 12.6. The summed E-state index contributed by atoms with van der Waals surface area (Å²) in [5.74, 6) is 1.10. The lowest BCUT2D eigenvalue weighted by Crippen LogP contribution is -2.13. The number of hydrogen-bond donors (Lipinski definition) is 0. The molecule has 0 aromatic heterocycles. The molecule has 1 saturated carbocycles. The minimum Gasteiger partial charge on any atom is -0.493 e. The van der Waals surface area contributed by atoms with Crippen LogP contribution in [0, 0.1) is 5.41 Å².